The normalized spacial score (nSPS) is 13.5. The number of hydrogen-bond acceptors (Lipinski definition) is 19. The summed E-state index contributed by atoms with van der Waals surface area (Å²) >= 11 is 1.68. The van der Waals surface area contributed by atoms with Crippen LogP contribution in [0.25, 0.3) is 50.0 Å². The first kappa shape index (κ1) is 83.0. The number of aromatic nitrogens is 13. The van der Waals surface area contributed by atoms with Crippen molar-refractivity contribution in [3.05, 3.63) is 222 Å². The van der Waals surface area contributed by atoms with Crippen molar-refractivity contribution < 1.29 is 19.1 Å². The van der Waals surface area contributed by atoms with Gasteiger partial charge in [-0.25, -0.2) is 47.6 Å². The molecule has 0 bridgehead atoms. The highest BCUT2D eigenvalue weighted by molar-refractivity contribution is 7.98. The summed E-state index contributed by atoms with van der Waals surface area (Å²) in [5.41, 5.74) is 21.1. The van der Waals surface area contributed by atoms with E-state index in [4.69, 9.17) is 25.2 Å². The molecular weight excluding hydrogens is 1470 g/mol. The molecule has 12 aromatic rings. The highest BCUT2D eigenvalue weighted by atomic mass is 32.2. The number of hydrogen-bond donors (Lipinski definition) is 4. The van der Waals surface area contributed by atoms with Crippen molar-refractivity contribution in [1.82, 2.24) is 78.1 Å². The number of ether oxygens (including phenoxy) is 2. The van der Waals surface area contributed by atoms with Crippen LogP contribution in [0.2, 0.25) is 0 Å². The van der Waals surface area contributed by atoms with Crippen LogP contribution in [-0.4, -0.2) is 102 Å². The minimum atomic E-state index is -0.547. The zero-order valence-corrected chi connectivity index (χ0v) is 71.1. The van der Waals surface area contributed by atoms with Crippen molar-refractivity contribution in [1.29, 1.82) is 0 Å². The number of carbonyl (C=O) groups excluding carboxylic acids is 2. The molecule has 0 fully saturated rings. The van der Waals surface area contributed by atoms with Crippen LogP contribution in [0.15, 0.2) is 159 Å². The highest BCUT2D eigenvalue weighted by Gasteiger charge is 2.32. The average molecular weight is 1580 g/mol. The van der Waals surface area contributed by atoms with Crippen molar-refractivity contribution in [3.8, 4) is 17.1 Å². The molecule has 3 aliphatic heterocycles. The predicted octanol–water partition coefficient (Wildman–Crippen LogP) is 17.4. The molecule has 5 N–H and O–H groups in total. The number of anilines is 5. The summed E-state index contributed by atoms with van der Waals surface area (Å²) < 4.78 is 21.9. The molecule has 0 saturated carbocycles. The monoisotopic (exact) mass is 1580 g/mol. The topological polar surface area (TPSA) is 292 Å². The number of amides is 2. The van der Waals surface area contributed by atoms with E-state index in [9.17, 15) is 24.0 Å². The number of nitrogen functional groups attached to an aromatic ring is 1. The molecule has 0 aliphatic carbocycles. The molecule has 3 aliphatic rings. The van der Waals surface area contributed by atoms with Gasteiger partial charge < -0.3 is 31.2 Å². The Bertz CT molecular complexity index is 5850. The minimum Gasteiger partial charge on any atom is -0.444 e. The molecule has 26 nitrogen and oxygen atoms in total. The molecule has 0 unspecified atom stereocenters. The molecule has 115 heavy (non-hydrogen) atoms. The molecule has 27 heteroatoms. The van der Waals surface area contributed by atoms with Gasteiger partial charge in [0.25, 0.3) is 16.7 Å². The van der Waals surface area contributed by atoms with Gasteiger partial charge in [-0.2, -0.15) is 9.97 Å². The molecule has 8 aromatic heterocycles. The molecule has 0 saturated heterocycles. The number of nitrogens with zero attached hydrogens (tertiary/aromatic N) is 15. The van der Waals surface area contributed by atoms with Gasteiger partial charge in [0.15, 0.2) is 11.3 Å². The van der Waals surface area contributed by atoms with Crippen molar-refractivity contribution in [2.24, 2.45) is 0 Å². The highest BCUT2D eigenvalue weighted by Crippen LogP contribution is 2.34. The second kappa shape index (κ2) is 32.4. The summed E-state index contributed by atoms with van der Waals surface area (Å²) in [5, 5.41) is 11.6. The van der Waals surface area contributed by atoms with Crippen molar-refractivity contribution in [2.45, 2.75) is 235 Å². The van der Waals surface area contributed by atoms with Gasteiger partial charge in [0, 0.05) is 144 Å². The second-order valence-electron chi connectivity index (χ2n) is 35.4. The summed E-state index contributed by atoms with van der Waals surface area (Å²) in [6.07, 6.45) is 10.0. The van der Waals surface area contributed by atoms with Crippen LogP contribution in [0.1, 0.15) is 214 Å². The smallest absolute Gasteiger partial charge is 0.410 e. The lowest BCUT2D eigenvalue weighted by molar-refractivity contribution is 0.0232. The lowest BCUT2D eigenvalue weighted by atomic mass is 9.91. The molecule has 0 spiro atoms. The van der Waals surface area contributed by atoms with Crippen LogP contribution in [0, 0.1) is 0 Å². The van der Waals surface area contributed by atoms with Gasteiger partial charge in [0.05, 0.1) is 28.0 Å². The molecule has 0 atom stereocenters. The number of benzene rings is 4. The van der Waals surface area contributed by atoms with Gasteiger partial charge in [-0.1, -0.05) is 80.5 Å². The molecule has 11 heterocycles. The van der Waals surface area contributed by atoms with Crippen LogP contribution in [0.3, 0.4) is 0 Å². The Hall–Kier alpha value is -11.5. The van der Waals surface area contributed by atoms with Gasteiger partial charge in [-0.3, -0.25) is 39.1 Å². The Kier molecular flexibility index (Phi) is 23.4. The zero-order valence-electron chi connectivity index (χ0n) is 70.3. The Morgan fingerprint density at radius 1 is 0.443 bits per heavy atom. The van der Waals surface area contributed by atoms with E-state index in [1.807, 2.05) is 199 Å². The largest absolute Gasteiger partial charge is 0.444 e. The van der Waals surface area contributed by atoms with E-state index in [-0.39, 0.29) is 63.2 Å². The summed E-state index contributed by atoms with van der Waals surface area (Å²) in [7, 11) is 0. The van der Waals surface area contributed by atoms with E-state index >= 15 is 0 Å². The second-order valence-corrected chi connectivity index (χ2v) is 36.3. The number of pyridine rings is 3. The number of nitrogens with one attached hydrogen (secondary N) is 3. The summed E-state index contributed by atoms with van der Waals surface area (Å²) in [5.74, 6) is 0.822. The standard InChI is InChI=1S/C30H37N7O3.C25H29N7O.C20H25N3OS.C13H18N2O2/c1-18(2)36-26(38)23-15-32-27(34-25(23)37(36)22-11-12-31-24(14-22)29(3,4)5)33-21-10-9-19-16-35(17-20(19)13-21)28(39)40-30(6,7)8;1-15(2)31-23(33)20-14-28-24(29-18-7-6-16-12-26-13-17(16)10-18)30-22(20)32(31)19-8-9-27-21(11-19)25(3,4)5;1-13(2)22-19(24)16-8-7-15(25-6)12-17(16)23(22)14-9-10-21-18(11-14)20(3,4)5;1-13(2,3)17-12(16)15-7-9-4-5-11(14)6-10(9)8-15/h9-15,18H,16-17H2,1-8H3,(H,32,33,34);6-11,14-15,26H,12-13H2,1-5H3,(H,28,29,30);7-13H,1-6H3;4-6H,7-8,14H2,1-3H3. The molecule has 604 valence electrons. The number of fused-ring (bicyclic) bond motifs is 6. The van der Waals surface area contributed by atoms with Crippen LogP contribution < -0.4 is 38.4 Å². The lowest BCUT2D eigenvalue weighted by Gasteiger charge is -2.24. The number of nitrogens with two attached hydrogens (primary N) is 1. The number of thioether (sulfide) groups is 1. The Labute approximate surface area is 675 Å². The molecule has 0 radical (unpaired) electrons. The maximum atomic E-state index is 13.4. The first-order valence-corrected chi connectivity index (χ1v) is 40.3. The maximum absolute atomic E-state index is 13.4. The van der Waals surface area contributed by atoms with Crippen LogP contribution in [0.5, 0.6) is 0 Å². The van der Waals surface area contributed by atoms with E-state index in [2.05, 4.69) is 127 Å². The van der Waals surface area contributed by atoms with E-state index in [0.717, 1.165) is 102 Å². The minimum absolute atomic E-state index is 0.0479. The third-order valence-corrected chi connectivity index (χ3v) is 20.3. The van der Waals surface area contributed by atoms with Crippen molar-refractivity contribution >= 4 is 85.9 Å². The maximum Gasteiger partial charge on any atom is 0.410 e. The first-order chi connectivity index (χ1) is 54.0. The van der Waals surface area contributed by atoms with E-state index < -0.39 is 11.2 Å². The summed E-state index contributed by atoms with van der Waals surface area (Å²) in [4.78, 5) is 101. The van der Waals surface area contributed by atoms with Crippen LogP contribution in [0.4, 0.5) is 38.5 Å². The van der Waals surface area contributed by atoms with Crippen LogP contribution >= 0.6 is 11.8 Å². The van der Waals surface area contributed by atoms with Gasteiger partial charge in [-0.05, 0) is 214 Å². The van der Waals surface area contributed by atoms with Gasteiger partial charge >= 0.3 is 12.2 Å². The molecule has 15 rings (SSSR count). The van der Waals surface area contributed by atoms with E-state index in [0.29, 0.717) is 60.1 Å². The van der Waals surface area contributed by atoms with E-state index in [1.54, 1.807) is 55.7 Å². The SMILES string of the molecule is CC(C)(C)OC(=O)N1Cc2ccc(N)cc2C1.CC(C)n1c(=O)c2cnc(Nc3ccc4c(c3)CN(C(=O)OC(C)(C)C)C4)nc2n1-c1ccnc(C(C)(C)C)c1.CC(C)n1c(=O)c2cnc(Nc3ccc4c(c3)CNC4)nc2n1-c1ccnc(C(C)(C)C)c1.CSc1ccc2c(=O)n(C(C)C)n(-c3ccnc(C(C)(C)C)c3)c2c1. The fourth-order valence-electron chi connectivity index (χ4n) is 13.9. The summed E-state index contributed by atoms with van der Waals surface area (Å²) in [6.45, 7) is 46.2. The third kappa shape index (κ3) is 18.5. The quantitative estimate of drug-likeness (QED) is 0.0691. The van der Waals surface area contributed by atoms with E-state index in [1.165, 1.54) is 11.1 Å². The Balaban J connectivity index is 0.000000147. The number of carbonyl (C=O) groups is 2. The fourth-order valence-corrected chi connectivity index (χ4v) is 14.3. The molecule has 2 amide bonds. The fraction of sp³-hybridized carbons (Fsp3) is 0.409. The predicted molar refractivity (Wildman–Crippen MR) is 458 cm³/mol. The first-order valence-electron chi connectivity index (χ1n) is 39.1. The van der Waals surface area contributed by atoms with Gasteiger partial charge in [0.2, 0.25) is 11.9 Å². The van der Waals surface area contributed by atoms with Gasteiger partial charge in [0.1, 0.15) is 22.0 Å². The van der Waals surface area contributed by atoms with Crippen molar-refractivity contribution in [2.75, 3.05) is 22.6 Å². The third-order valence-electron chi connectivity index (χ3n) is 19.6. The molecular formula is C88H109N19O7S. The number of rotatable bonds is 11. The van der Waals surface area contributed by atoms with Crippen LogP contribution in [-0.2, 0) is 65.0 Å². The van der Waals surface area contributed by atoms with Gasteiger partial charge in [-0.15, -0.1) is 11.8 Å². The summed E-state index contributed by atoms with van der Waals surface area (Å²) in [6, 6.07) is 35.8. The average Bonchev–Trinajstić information content (AvgIpc) is 1.61. The van der Waals surface area contributed by atoms with Crippen molar-refractivity contribution in [3.63, 3.8) is 0 Å². The zero-order chi connectivity index (χ0) is 83.3. The lowest BCUT2D eigenvalue weighted by Crippen LogP contribution is -2.33. The Morgan fingerprint density at radius 3 is 1.25 bits per heavy atom. The molecule has 4 aromatic carbocycles. The Morgan fingerprint density at radius 2 is 0.826 bits per heavy atom.